The van der Waals surface area contributed by atoms with E-state index < -0.39 is 0 Å². The Morgan fingerprint density at radius 2 is 1.58 bits per heavy atom. The van der Waals surface area contributed by atoms with E-state index in [1.165, 1.54) is 44.9 Å². The van der Waals surface area contributed by atoms with Crippen LogP contribution < -0.4 is 0 Å². The fourth-order valence-electron chi connectivity index (χ4n) is 6.30. The van der Waals surface area contributed by atoms with Gasteiger partial charge in [-0.15, -0.1) is 0 Å². The molecule has 0 aromatic heterocycles. The highest BCUT2D eigenvalue weighted by Crippen LogP contribution is 2.64. The summed E-state index contributed by atoms with van der Waals surface area (Å²) in [4.78, 5) is 0. The summed E-state index contributed by atoms with van der Waals surface area (Å²) in [5.74, 6) is 1.69. The van der Waals surface area contributed by atoms with Crippen molar-refractivity contribution in [3.05, 3.63) is 0 Å². The molecule has 1 nitrogen and oxygen atoms in total. The summed E-state index contributed by atoms with van der Waals surface area (Å²) in [5.41, 5.74) is 1.22. The third-order valence-electron chi connectivity index (χ3n) is 7.07. The Balaban J connectivity index is 1.94. The molecule has 2 saturated carbocycles. The number of hydrogen-bond acceptors (Lipinski definition) is 1. The highest BCUT2D eigenvalue weighted by Gasteiger charge is 2.59. The fraction of sp³-hybridized carbons (Fsp3) is 1.00. The molecule has 0 N–H and O–H groups in total. The van der Waals surface area contributed by atoms with Crippen LogP contribution in [-0.4, -0.2) is 11.7 Å². The van der Waals surface area contributed by atoms with Gasteiger partial charge in [-0.05, 0) is 75.0 Å². The van der Waals surface area contributed by atoms with Crippen molar-refractivity contribution < 1.29 is 4.74 Å². The lowest BCUT2D eigenvalue weighted by Crippen LogP contribution is -2.60. The molecule has 0 amide bonds. The van der Waals surface area contributed by atoms with E-state index in [1.807, 2.05) is 0 Å². The highest BCUT2D eigenvalue weighted by molar-refractivity contribution is 5.09. The smallest absolute Gasteiger partial charge is 0.0691 e. The summed E-state index contributed by atoms with van der Waals surface area (Å²) in [5, 5.41) is 0. The molecule has 0 unspecified atom stereocenters. The summed E-state index contributed by atoms with van der Waals surface area (Å²) >= 11 is 0. The van der Waals surface area contributed by atoms with Crippen molar-refractivity contribution in [2.24, 2.45) is 22.7 Å². The van der Waals surface area contributed by atoms with E-state index in [-0.39, 0.29) is 5.60 Å². The van der Waals surface area contributed by atoms with Gasteiger partial charge in [-0.2, -0.15) is 0 Å². The summed E-state index contributed by atoms with van der Waals surface area (Å²) in [6.07, 6.45) is 10.1. The average molecular weight is 264 g/mol. The molecule has 5 atom stereocenters. The van der Waals surface area contributed by atoms with Gasteiger partial charge in [0.1, 0.15) is 0 Å². The van der Waals surface area contributed by atoms with Crippen LogP contribution in [-0.2, 0) is 4.74 Å². The van der Waals surface area contributed by atoms with Gasteiger partial charge < -0.3 is 4.74 Å². The second kappa shape index (κ2) is 4.23. The van der Waals surface area contributed by atoms with Gasteiger partial charge in [0.25, 0.3) is 0 Å². The van der Waals surface area contributed by atoms with E-state index in [0.717, 1.165) is 11.8 Å². The van der Waals surface area contributed by atoms with Crippen LogP contribution in [0.5, 0.6) is 0 Å². The van der Waals surface area contributed by atoms with Crippen LogP contribution in [0.4, 0.5) is 0 Å². The number of fused-ring (bicyclic) bond motifs is 3. The van der Waals surface area contributed by atoms with E-state index in [9.17, 15) is 0 Å². The van der Waals surface area contributed by atoms with E-state index in [4.69, 9.17) is 4.74 Å². The van der Waals surface area contributed by atoms with E-state index in [0.29, 0.717) is 16.9 Å². The maximum atomic E-state index is 6.46. The van der Waals surface area contributed by atoms with Crippen molar-refractivity contribution in [3.8, 4) is 0 Å². The topological polar surface area (TPSA) is 9.23 Å². The van der Waals surface area contributed by atoms with E-state index >= 15 is 0 Å². The molecule has 3 rings (SSSR count). The molecule has 3 aliphatic rings. The summed E-state index contributed by atoms with van der Waals surface area (Å²) < 4.78 is 6.46. The summed E-state index contributed by atoms with van der Waals surface area (Å²) in [6.45, 7) is 12.3. The molecule has 0 aromatic rings. The predicted octanol–water partition coefficient (Wildman–Crippen LogP) is 5.19. The molecule has 1 aliphatic heterocycles. The zero-order chi connectivity index (χ0) is 13.9. The molecular weight excluding hydrogens is 232 g/mol. The minimum Gasteiger partial charge on any atom is -0.372 e. The van der Waals surface area contributed by atoms with E-state index in [2.05, 4.69) is 34.6 Å². The van der Waals surface area contributed by atoms with Crippen LogP contribution in [0.15, 0.2) is 0 Å². The van der Waals surface area contributed by atoms with Crippen molar-refractivity contribution >= 4 is 0 Å². The maximum Gasteiger partial charge on any atom is 0.0691 e. The molecule has 3 fully saturated rings. The van der Waals surface area contributed by atoms with Gasteiger partial charge in [0.2, 0.25) is 0 Å². The molecule has 0 aromatic carbocycles. The van der Waals surface area contributed by atoms with Gasteiger partial charge in [0.15, 0.2) is 0 Å². The Labute approximate surface area is 119 Å². The Morgan fingerprint density at radius 3 is 2.32 bits per heavy atom. The van der Waals surface area contributed by atoms with Gasteiger partial charge in [0, 0.05) is 0 Å². The standard InChI is InChI=1S/C18H32O/c1-13-7-8-15-17(4)11-6-10-16(2,3)14(17)9-12-18(15,5)19-13/h13-15H,6-12H2,1-5H3/t13-,14+,15-,17+,18+/m1/s1. The molecule has 1 heterocycles. The zero-order valence-corrected chi connectivity index (χ0v) is 13.6. The Morgan fingerprint density at radius 1 is 0.842 bits per heavy atom. The molecule has 1 heteroatoms. The molecule has 0 radical (unpaired) electrons. The Hall–Kier alpha value is -0.0400. The minimum atomic E-state index is 0.163. The van der Waals surface area contributed by atoms with Crippen LogP contribution in [0.2, 0.25) is 0 Å². The number of hydrogen-bond donors (Lipinski definition) is 0. The van der Waals surface area contributed by atoms with Crippen LogP contribution in [0, 0.1) is 22.7 Å². The first-order chi connectivity index (χ1) is 8.78. The molecule has 19 heavy (non-hydrogen) atoms. The number of ether oxygens (including phenoxy) is 1. The second-order valence-electron chi connectivity index (χ2n) is 8.81. The maximum absolute atomic E-state index is 6.46. The first-order valence-corrected chi connectivity index (χ1v) is 8.46. The van der Waals surface area contributed by atoms with Crippen molar-refractivity contribution in [1.29, 1.82) is 0 Å². The SMILES string of the molecule is C[C@@H]1CC[C@@H]2[C@@]3(C)CCCC(C)(C)[C@@H]3CC[C@]2(C)O1. The van der Waals surface area contributed by atoms with Crippen LogP contribution in [0.1, 0.15) is 79.6 Å². The first-order valence-electron chi connectivity index (χ1n) is 8.46. The van der Waals surface area contributed by atoms with Crippen LogP contribution in [0.25, 0.3) is 0 Å². The minimum absolute atomic E-state index is 0.163. The Kier molecular flexibility index (Phi) is 3.10. The monoisotopic (exact) mass is 264 g/mol. The zero-order valence-electron chi connectivity index (χ0n) is 13.6. The highest BCUT2D eigenvalue weighted by atomic mass is 16.5. The molecule has 1 saturated heterocycles. The van der Waals surface area contributed by atoms with Crippen LogP contribution >= 0.6 is 0 Å². The largest absolute Gasteiger partial charge is 0.372 e. The lowest BCUT2D eigenvalue weighted by Gasteiger charge is -2.64. The lowest BCUT2D eigenvalue weighted by molar-refractivity contribution is -0.232. The Bertz CT molecular complexity index is 361. The van der Waals surface area contributed by atoms with Gasteiger partial charge in [0.05, 0.1) is 11.7 Å². The van der Waals surface area contributed by atoms with Crippen molar-refractivity contribution in [2.75, 3.05) is 0 Å². The third kappa shape index (κ3) is 1.99. The predicted molar refractivity (Wildman–Crippen MR) is 80.1 cm³/mol. The van der Waals surface area contributed by atoms with Crippen molar-refractivity contribution in [2.45, 2.75) is 91.3 Å². The van der Waals surface area contributed by atoms with Gasteiger partial charge in [-0.25, -0.2) is 0 Å². The second-order valence-corrected chi connectivity index (χ2v) is 8.81. The third-order valence-corrected chi connectivity index (χ3v) is 7.07. The summed E-state index contributed by atoms with van der Waals surface area (Å²) in [7, 11) is 0. The number of rotatable bonds is 0. The van der Waals surface area contributed by atoms with Gasteiger partial charge >= 0.3 is 0 Å². The molecule has 0 bridgehead atoms. The fourth-order valence-corrected chi connectivity index (χ4v) is 6.30. The first kappa shape index (κ1) is 13.9. The lowest BCUT2D eigenvalue weighted by atomic mass is 9.44. The van der Waals surface area contributed by atoms with Crippen LogP contribution in [0.3, 0.4) is 0 Å². The van der Waals surface area contributed by atoms with E-state index in [1.54, 1.807) is 0 Å². The molecule has 0 spiro atoms. The quantitative estimate of drug-likeness (QED) is 0.585. The van der Waals surface area contributed by atoms with Gasteiger partial charge in [-0.3, -0.25) is 0 Å². The average Bonchev–Trinajstić information content (AvgIpc) is 2.25. The van der Waals surface area contributed by atoms with Crippen molar-refractivity contribution in [3.63, 3.8) is 0 Å². The normalized spacial score (nSPS) is 53.2. The van der Waals surface area contributed by atoms with Crippen molar-refractivity contribution in [1.82, 2.24) is 0 Å². The molecule has 2 aliphatic carbocycles. The summed E-state index contributed by atoms with van der Waals surface area (Å²) in [6, 6.07) is 0. The molecular formula is C18H32O. The molecule has 110 valence electrons. The van der Waals surface area contributed by atoms with Gasteiger partial charge in [-0.1, -0.05) is 27.2 Å².